The molecule has 0 atom stereocenters. The van der Waals surface area contributed by atoms with E-state index in [1.54, 1.807) is 24.5 Å². The third-order valence-corrected chi connectivity index (χ3v) is 4.88. The predicted octanol–water partition coefficient (Wildman–Crippen LogP) is 4.76. The summed E-state index contributed by atoms with van der Waals surface area (Å²) in [6, 6.07) is 5.09. The first-order chi connectivity index (χ1) is 14.3. The highest BCUT2D eigenvalue weighted by atomic mass is 16.1. The summed E-state index contributed by atoms with van der Waals surface area (Å²) < 4.78 is 0. The molecule has 0 spiro atoms. The molecule has 1 amide bonds. The zero-order valence-corrected chi connectivity index (χ0v) is 18.9. The second-order valence-electron chi connectivity index (χ2n) is 10.1. The highest BCUT2D eigenvalue weighted by Crippen LogP contribution is 2.29. The molecular weight excluding hydrogens is 390 g/mol. The number of aromatic nitrogens is 3. The minimum atomic E-state index is -0.578. The molecule has 3 aromatic rings. The minimum absolute atomic E-state index is 0.0382. The summed E-state index contributed by atoms with van der Waals surface area (Å²) in [7, 11) is 0. The number of Topliss-reactive ketones (excluding diaryl/α,β-unsaturated/α-hetero) is 1. The Labute approximate surface area is 182 Å². The molecule has 2 aromatic heterocycles. The summed E-state index contributed by atoms with van der Waals surface area (Å²) in [4.78, 5) is 36.9. The Bertz CT molecular complexity index is 1190. The van der Waals surface area contributed by atoms with Crippen LogP contribution in [0.5, 0.6) is 0 Å². The highest BCUT2D eigenvalue weighted by molar-refractivity contribution is 6.08. The number of H-pyrrole nitrogens is 1. The number of carbonyl (C=O) groups is 2. The molecule has 0 aliphatic heterocycles. The van der Waals surface area contributed by atoms with Crippen molar-refractivity contribution in [3.8, 4) is 11.3 Å². The van der Waals surface area contributed by atoms with Gasteiger partial charge in [0.25, 0.3) is 0 Å². The van der Waals surface area contributed by atoms with Crippen LogP contribution in [-0.2, 0) is 0 Å². The van der Waals surface area contributed by atoms with Crippen LogP contribution in [0.25, 0.3) is 22.4 Å². The van der Waals surface area contributed by atoms with E-state index >= 15 is 0 Å². The van der Waals surface area contributed by atoms with Crippen LogP contribution in [0.15, 0.2) is 30.6 Å². The summed E-state index contributed by atoms with van der Waals surface area (Å²) in [5.74, 6) is -0.616. The smallest absolute Gasteiger partial charge is 0.248 e. The molecule has 4 N–H and O–H groups in total. The van der Waals surface area contributed by atoms with E-state index in [-0.39, 0.29) is 11.2 Å². The standard InChI is InChI=1S/C24H29N5O2/c1-23(2,3)10-17(25)13-7-14(9-15(8-13)21(26)31)18-12-28-22-19(29-18)16(11-27-22)20(30)24(4,5)6/h7-9,11-12,25H,10H2,1-6H3,(H2,26,31)(H,27,28). The van der Waals surface area contributed by atoms with Crippen molar-refractivity contribution >= 4 is 28.6 Å². The third kappa shape index (κ3) is 4.87. The van der Waals surface area contributed by atoms with Gasteiger partial charge in [-0.25, -0.2) is 9.97 Å². The number of nitrogens with two attached hydrogens (primary N) is 1. The van der Waals surface area contributed by atoms with Crippen LogP contribution < -0.4 is 5.73 Å². The van der Waals surface area contributed by atoms with Crippen molar-refractivity contribution in [3.05, 3.63) is 47.3 Å². The first kappa shape index (κ1) is 22.3. The zero-order chi connectivity index (χ0) is 23.1. The van der Waals surface area contributed by atoms with Gasteiger partial charge in [0.05, 0.1) is 17.5 Å². The van der Waals surface area contributed by atoms with Crippen molar-refractivity contribution in [2.75, 3.05) is 0 Å². The topological polar surface area (TPSA) is 126 Å². The van der Waals surface area contributed by atoms with E-state index in [4.69, 9.17) is 11.1 Å². The normalized spacial score (nSPS) is 12.2. The van der Waals surface area contributed by atoms with Crippen LogP contribution in [0, 0.1) is 16.2 Å². The van der Waals surface area contributed by atoms with Crippen molar-refractivity contribution in [1.82, 2.24) is 15.0 Å². The van der Waals surface area contributed by atoms with Crippen molar-refractivity contribution in [1.29, 1.82) is 5.41 Å². The fourth-order valence-corrected chi connectivity index (χ4v) is 3.33. The Kier molecular flexibility index (Phi) is 5.56. The second-order valence-corrected chi connectivity index (χ2v) is 10.1. The number of hydrogen-bond donors (Lipinski definition) is 3. The molecule has 31 heavy (non-hydrogen) atoms. The van der Waals surface area contributed by atoms with Gasteiger partial charge in [-0.1, -0.05) is 41.5 Å². The van der Waals surface area contributed by atoms with Crippen molar-refractivity contribution in [2.45, 2.75) is 48.0 Å². The van der Waals surface area contributed by atoms with Crippen LogP contribution in [0.2, 0.25) is 0 Å². The average Bonchev–Trinajstić information content (AvgIpc) is 3.07. The average molecular weight is 420 g/mol. The Hall–Kier alpha value is -3.35. The van der Waals surface area contributed by atoms with Gasteiger partial charge in [-0.05, 0) is 35.6 Å². The van der Waals surface area contributed by atoms with E-state index in [1.165, 1.54) is 0 Å². The minimum Gasteiger partial charge on any atom is -0.366 e. The van der Waals surface area contributed by atoms with E-state index in [0.29, 0.717) is 51.2 Å². The Morgan fingerprint density at radius 3 is 2.29 bits per heavy atom. The van der Waals surface area contributed by atoms with Gasteiger partial charge in [-0.15, -0.1) is 0 Å². The molecule has 2 heterocycles. The van der Waals surface area contributed by atoms with Gasteiger partial charge in [0.1, 0.15) is 5.52 Å². The summed E-state index contributed by atoms with van der Waals surface area (Å²) in [5, 5.41) is 8.51. The van der Waals surface area contributed by atoms with Gasteiger partial charge < -0.3 is 16.1 Å². The number of carbonyl (C=O) groups excluding carboxylic acids is 2. The van der Waals surface area contributed by atoms with Crippen LogP contribution >= 0.6 is 0 Å². The molecule has 0 unspecified atom stereocenters. The molecule has 0 bridgehead atoms. The maximum atomic E-state index is 12.8. The number of hydrogen-bond acceptors (Lipinski definition) is 5. The van der Waals surface area contributed by atoms with Crippen molar-refractivity contribution < 1.29 is 9.59 Å². The van der Waals surface area contributed by atoms with Crippen LogP contribution in [-0.4, -0.2) is 32.4 Å². The SMILES string of the molecule is CC(C)(C)CC(=N)c1cc(C(N)=O)cc(-c2cnc3[nH]cc(C(=O)C(C)(C)C)c3n2)c1. The lowest BCUT2D eigenvalue weighted by Gasteiger charge is -2.19. The maximum Gasteiger partial charge on any atom is 0.248 e. The van der Waals surface area contributed by atoms with Gasteiger partial charge in [0, 0.05) is 28.5 Å². The summed E-state index contributed by atoms with van der Waals surface area (Å²) in [6.45, 7) is 11.7. The Morgan fingerprint density at radius 1 is 1.06 bits per heavy atom. The van der Waals surface area contributed by atoms with E-state index in [9.17, 15) is 9.59 Å². The number of amides is 1. The number of aromatic amines is 1. The number of ketones is 1. The number of nitrogens with one attached hydrogen (secondary N) is 2. The first-order valence-electron chi connectivity index (χ1n) is 10.2. The fraction of sp³-hybridized carbons (Fsp3) is 0.375. The third-order valence-electron chi connectivity index (χ3n) is 4.88. The van der Waals surface area contributed by atoms with E-state index in [0.717, 1.165) is 0 Å². The largest absolute Gasteiger partial charge is 0.366 e. The Morgan fingerprint density at radius 2 is 1.71 bits per heavy atom. The van der Waals surface area contributed by atoms with Crippen LogP contribution in [0.3, 0.4) is 0 Å². The van der Waals surface area contributed by atoms with Crippen molar-refractivity contribution in [3.63, 3.8) is 0 Å². The molecule has 1 aromatic carbocycles. The zero-order valence-electron chi connectivity index (χ0n) is 18.9. The number of nitrogens with zero attached hydrogens (tertiary/aromatic N) is 2. The van der Waals surface area contributed by atoms with Gasteiger partial charge in [-0.2, -0.15) is 0 Å². The first-order valence-corrected chi connectivity index (χ1v) is 10.2. The fourth-order valence-electron chi connectivity index (χ4n) is 3.33. The summed E-state index contributed by atoms with van der Waals surface area (Å²) in [5.41, 5.74) is 8.83. The molecule has 162 valence electrons. The lowest BCUT2D eigenvalue weighted by atomic mass is 9.86. The van der Waals surface area contributed by atoms with Crippen LogP contribution in [0.1, 0.15) is 74.2 Å². The molecule has 0 aliphatic rings. The monoisotopic (exact) mass is 419 g/mol. The quantitative estimate of drug-likeness (QED) is 0.407. The number of primary amides is 1. The van der Waals surface area contributed by atoms with Gasteiger partial charge in [-0.3, -0.25) is 9.59 Å². The predicted molar refractivity (Wildman–Crippen MR) is 123 cm³/mol. The number of fused-ring (bicyclic) bond motifs is 1. The van der Waals surface area contributed by atoms with E-state index in [1.807, 2.05) is 26.8 Å². The Balaban J connectivity index is 2.14. The number of benzene rings is 1. The summed E-state index contributed by atoms with van der Waals surface area (Å²) >= 11 is 0. The molecule has 7 heteroatoms. The van der Waals surface area contributed by atoms with Gasteiger partial charge >= 0.3 is 0 Å². The molecule has 3 rings (SSSR count). The molecule has 0 aliphatic carbocycles. The summed E-state index contributed by atoms with van der Waals surface area (Å²) in [6.07, 6.45) is 3.76. The highest BCUT2D eigenvalue weighted by Gasteiger charge is 2.26. The van der Waals surface area contributed by atoms with Gasteiger partial charge in [0.15, 0.2) is 11.4 Å². The molecular formula is C24H29N5O2. The van der Waals surface area contributed by atoms with Crippen molar-refractivity contribution in [2.24, 2.45) is 16.6 Å². The molecule has 0 radical (unpaired) electrons. The van der Waals surface area contributed by atoms with E-state index in [2.05, 4.69) is 35.7 Å². The van der Waals surface area contributed by atoms with E-state index < -0.39 is 11.3 Å². The lowest BCUT2D eigenvalue weighted by Crippen LogP contribution is -2.20. The molecule has 0 saturated heterocycles. The van der Waals surface area contributed by atoms with Gasteiger partial charge in [0.2, 0.25) is 5.91 Å². The second kappa shape index (κ2) is 7.72. The molecule has 0 fully saturated rings. The molecule has 7 nitrogen and oxygen atoms in total. The maximum absolute atomic E-state index is 12.8. The molecule has 0 saturated carbocycles. The van der Waals surface area contributed by atoms with Crippen LogP contribution in [0.4, 0.5) is 0 Å². The lowest BCUT2D eigenvalue weighted by molar-refractivity contribution is 0.0859. The number of rotatable bonds is 5.